The van der Waals surface area contributed by atoms with Gasteiger partial charge in [0, 0.05) is 24.7 Å². The summed E-state index contributed by atoms with van der Waals surface area (Å²) in [7, 11) is 0. The Balaban J connectivity index is 1.93. The van der Waals surface area contributed by atoms with Gasteiger partial charge in [-0.05, 0) is 12.0 Å². The summed E-state index contributed by atoms with van der Waals surface area (Å²) in [6.07, 6.45) is 4.95. The highest BCUT2D eigenvalue weighted by Crippen LogP contribution is 2.17. The van der Waals surface area contributed by atoms with Crippen molar-refractivity contribution in [2.45, 2.75) is 19.4 Å². The van der Waals surface area contributed by atoms with Gasteiger partial charge in [0.15, 0.2) is 0 Å². The van der Waals surface area contributed by atoms with Crippen molar-refractivity contribution in [3.63, 3.8) is 0 Å². The van der Waals surface area contributed by atoms with Crippen LogP contribution in [0.3, 0.4) is 0 Å². The van der Waals surface area contributed by atoms with Crippen LogP contribution in [0.4, 0.5) is 0 Å². The largest absolute Gasteiger partial charge is 0.294 e. The van der Waals surface area contributed by atoms with Crippen LogP contribution in [0.15, 0.2) is 42.7 Å². The number of carbonyl (C=O) groups excluding carboxylic acids is 1. The first-order chi connectivity index (χ1) is 8.79. The molecule has 1 aromatic heterocycles. The van der Waals surface area contributed by atoms with Crippen molar-refractivity contribution >= 4 is 5.91 Å². The standard InChI is InChI=1S/C13H16N4O/c14-16-13(18)7-4-8-17-10-12(9-15-17)11-5-2-1-3-6-11/h1-3,5-6,9-10H,4,7-8,14H2,(H,16,18). The zero-order valence-corrected chi connectivity index (χ0v) is 10.0. The van der Waals surface area contributed by atoms with E-state index in [-0.39, 0.29) is 5.91 Å². The first kappa shape index (κ1) is 12.3. The van der Waals surface area contributed by atoms with E-state index >= 15 is 0 Å². The van der Waals surface area contributed by atoms with Crippen molar-refractivity contribution in [1.82, 2.24) is 15.2 Å². The number of hydrazine groups is 1. The molecule has 0 aliphatic rings. The number of aromatic nitrogens is 2. The fourth-order valence-electron chi connectivity index (χ4n) is 1.74. The van der Waals surface area contributed by atoms with Gasteiger partial charge in [-0.1, -0.05) is 30.3 Å². The van der Waals surface area contributed by atoms with Crippen LogP contribution < -0.4 is 11.3 Å². The molecular formula is C13H16N4O. The second-order valence-corrected chi connectivity index (χ2v) is 4.03. The Labute approximate surface area is 106 Å². The van der Waals surface area contributed by atoms with Crippen molar-refractivity contribution in [1.29, 1.82) is 0 Å². The molecule has 2 aromatic rings. The van der Waals surface area contributed by atoms with Gasteiger partial charge in [-0.15, -0.1) is 0 Å². The summed E-state index contributed by atoms with van der Waals surface area (Å²) in [5, 5.41) is 4.27. The van der Waals surface area contributed by atoms with Crippen LogP contribution >= 0.6 is 0 Å². The summed E-state index contributed by atoms with van der Waals surface area (Å²) in [6.45, 7) is 0.709. The second-order valence-electron chi connectivity index (χ2n) is 4.03. The fourth-order valence-corrected chi connectivity index (χ4v) is 1.74. The molecule has 0 spiro atoms. The van der Waals surface area contributed by atoms with E-state index in [0.717, 1.165) is 17.5 Å². The van der Waals surface area contributed by atoms with E-state index in [4.69, 9.17) is 5.84 Å². The number of hydrogen-bond donors (Lipinski definition) is 2. The average molecular weight is 244 g/mol. The van der Waals surface area contributed by atoms with Crippen molar-refractivity contribution in [2.24, 2.45) is 5.84 Å². The molecule has 1 amide bonds. The highest BCUT2D eigenvalue weighted by atomic mass is 16.2. The lowest BCUT2D eigenvalue weighted by molar-refractivity contribution is -0.121. The molecule has 0 aliphatic carbocycles. The van der Waals surface area contributed by atoms with E-state index in [9.17, 15) is 4.79 Å². The zero-order chi connectivity index (χ0) is 12.8. The topological polar surface area (TPSA) is 72.9 Å². The summed E-state index contributed by atoms with van der Waals surface area (Å²) < 4.78 is 1.84. The van der Waals surface area contributed by atoms with Gasteiger partial charge in [-0.25, -0.2) is 5.84 Å². The maximum absolute atomic E-state index is 11.0. The third-order valence-electron chi connectivity index (χ3n) is 2.69. The molecule has 18 heavy (non-hydrogen) atoms. The molecule has 0 saturated carbocycles. The summed E-state index contributed by atoms with van der Waals surface area (Å²) >= 11 is 0. The number of hydrogen-bond acceptors (Lipinski definition) is 3. The van der Waals surface area contributed by atoms with E-state index in [1.165, 1.54) is 0 Å². The third kappa shape index (κ3) is 3.18. The summed E-state index contributed by atoms with van der Waals surface area (Å²) in [5.74, 6) is 4.86. The van der Waals surface area contributed by atoms with Crippen LogP contribution in [0.5, 0.6) is 0 Å². The minimum absolute atomic E-state index is 0.148. The quantitative estimate of drug-likeness (QED) is 0.473. The highest BCUT2D eigenvalue weighted by molar-refractivity contribution is 5.75. The lowest BCUT2D eigenvalue weighted by Crippen LogP contribution is -2.29. The highest BCUT2D eigenvalue weighted by Gasteiger charge is 2.02. The van der Waals surface area contributed by atoms with Crippen LogP contribution in [0.25, 0.3) is 11.1 Å². The molecule has 5 heteroatoms. The summed E-state index contributed by atoms with van der Waals surface area (Å²) in [5.41, 5.74) is 4.34. The van der Waals surface area contributed by atoms with Gasteiger partial charge in [0.2, 0.25) is 5.91 Å². The van der Waals surface area contributed by atoms with Crippen LogP contribution in [0, 0.1) is 0 Å². The van der Waals surface area contributed by atoms with Crippen LogP contribution in [0.2, 0.25) is 0 Å². The molecule has 1 aromatic carbocycles. The number of aryl methyl sites for hydroxylation is 1. The number of nitrogens with zero attached hydrogens (tertiary/aromatic N) is 2. The van der Waals surface area contributed by atoms with Gasteiger partial charge in [0.05, 0.1) is 6.20 Å². The molecule has 1 heterocycles. The third-order valence-corrected chi connectivity index (χ3v) is 2.69. The Hall–Kier alpha value is -2.14. The average Bonchev–Trinajstić information content (AvgIpc) is 2.88. The number of benzene rings is 1. The fraction of sp³-hybridized carbons (Fsp3) is 0.231. The normalized spacial score (nSPS) is 10.3. The van der Waals surface area contributed by atoms with Gasteiger partial charge >= 0.3 is 0 Å². The number of carbonyl (C=O) groups is 1. The predicted octanol–water partition coefficient (Wildman–Crippen LogP) is 1.32. The van der Waals surface area contributed by atoms with Crippen LogP contribution in [-0.2, 0) is 11.3 Å². The van der Waals surface area contributed by atoms with E-state index in [1.807, 2.05) is 47.4 Å². The Morgan fingerprint density at radius 3 is 2.78 bits per heavy atom. The molecule has 94 valence electrons. The maximum Gasteiger partial charge on any atom is 0.233 e. The Bertz CT molecular complexity index is 507. The SMILES string of the molecule is NNC(=O)CCCn1cc(-c2ccccc2)cn1. The maximum atomic E-state index is 11.0. The van der Waals surface area contributed by atoms with Crippen molar-refractivity contribution in [3.05, 3.63) is 42.7 Å². The molecule has 0 atom stereocenters. The van der Waals surface area contributed by atoms with Crippen molar-refractivity contribution < 1.29 is 4.79 Å². The summed E-state index contributed by atoms with van der Waals surface area (Å²) in [6, 6.07) is 10.1. The Morgan fingerprint density at radius 1 is 1.28 bits per heavy atom. The second kappa shape index (κ2) is 5.97. The number of rotatable bonds is 5. The number of amides is 1. The van der Waals surface area contributed by atoms with Crippen LogP contribution in [-0.4, -0.2) is 15.7 Å². The first-order valence-electron chi connectivity index (χ1n) is 5.87. The molecular weight excluding hydrogens is 228 g/mol. The van der Waals surface area contributed by atoms with E-state index in [1.54, 1.807) is 0 Å². The van der Waals surface area contributed by atoms with Crippen molar-refractivity contribution in [3.8, 4) is 11.1 Å². The lowest BCUT2D eigenvalue weighted by atomic mass is 10.1. The minimum Gasteiger partial charge on any atom is -0.294 e. The first-order valence-corrected chi connectivity index (χ1v) is 5.87. The van der Waals surface area contributed by atoms with Gasteiger partial charge < -0.3 is 0 Å². The van der Waals surface area contributed by atoms with E-state index in [2.05, 4.69) is 10.5 Å². The molecule has 5 nitrogen and oxygen atoms in total. The predicted molar refractivity (Wildman–Crippen MR) is 69.2 cm³/mol. The number of nitrogens with one attached hydrogen (secondary N) is 1. The van der Waals surface area contributed by atoms with E-state index in [0.29, 0.717) is 13.0 Å². The van der Waals surface area contributed by atoms with Gasteiger partial charge in [-0.3, -0.25) is 14.9 Å². The molecule has 2 rings (SSSR count). The molecule has 0 saturated heterocycles. The van der Waals surface area contributed by atoms with Crippen LogP contribution in [0.1, 0.15) is 12.8 Å². The molecule has 0 radical (unpaired) electrons. The Kier molecular flexibility index (Phi) is 4.09. The monoisotopic (exact) mass is 244 g/mol. The molecule has 0 aliphatic heterocycles. The summed E-state index contributed by atoms with van der Waals surface area (Å²) in [4.78, 5) is 11.0. The van der Waals surface area contributed by atoms with Gasteiger partial charge in [0.25, 0.3) is 0 Å². The lowest BCUT2D eigenvalue weighted by Gasteiger charge is -2.00. The Morgan fingerprint density at radius 2 is 2.06 bits per heavy atom. The van der Waals surface area contributed by atoms with E-state index < -0.39 is 0 Å². The molecule has 0 unspecified atom stereocenters. The smallest absolute Gasteiger partial charge is 0.233 e. The van der Waals surface area contributed by atoms with Gasteiger partial charge in [-0.2, -0.15) is 5.10 Å². The number of nitrogens with two attached hydrogens (primary N) is 1. The minimum atomic E-state index is -0.148. The van der Waals surface area contributed by atoms with Crippen molar-refractivity contribution in [2.75, 3.05) is 0 Å². The zero-order valence-electron chi connectivity index (χ0n) is 10.0. The molecule has 3 N–H and O–H groups in total. The molecule has 0 fully saturated rings. The van der Waals surface area contributed by atoms with Gasteiger partial charge in [0.1, 0.15) is 0 Å². The molecule has 0 bridgehead atoms.